The molecule has 3 rings (SSSR count). The Morgan fingerprint density at radius 2 is 1.84 bits per heavy atom. The minimum absolute atomic E-state index is 0.0780. The van der Waals surface area contributed by atoms with Crippen molar-refractivity contribution >= 4 is 49.7 Å². The van der Waals surface area contributed by atoms with Crippen LogP contribution in [0.2, 0.25) is 10.0 Å². The highest BCUT2D eigenvalue weighted by Crippen LogP contribution is 2.30. The molecule has 0 aliphatic rings. The van der Waals surface area contributed by atoms with Gasteiger partial charge in [0, 0.05) is 16.0 Å². The minimum atomic E-state index is -3.86. The SMILES string of the molecule is CCc1ccc(-c2csc(NS(=O)(=O)c3cc(Cl)ccc3Cl)n2)cc1. The molecule has 4 nitrogen and oxygen atoms in total. The summed E-state index contributed by atoms with van der Waals surface area (Å²) in [4.78, 5) is 4.27. The molecule has 0 fully saturated rings. The zero-order chi connectivity index (χ0) is 18.0. The maximum absolute atomic E-state index is 12.5. The van der Waals surface area contributed by atoms with E-state index in [1.165, 1.54) is 35.1 Å². The summed E-state index contributed by atoms with van der Waals surface area (Å²) in [6.45, 7) is 2.09. The van der Waals surface area contributed by atoms with Gasteiger partial charge in [0.25, 0.3) is 10.0 Å². The Balaban J connectivity index is 1.86. The van der Waals surface area contributed by atoms with Crippen LogP contribution in [0.3, 0.4) is 0 Å². The van der Waals surface area contributed by atoms with Gasteiger partial charge in [0.1, 0.15) is 4.90 Å². The van der Waals surface area contributed by atoms with E-state index in [1.54, 1.807) is 5.38 Å². The van der Waals surface area contributed by atoms with Gasteiger partial charge in [-0.3, -0.25) is 4.72 Å². The van der Waals surface area contributed by atoms with Gasteiger partial charge in [-0.15, -0.1) is 11.3 Å². The molecule has 0 atom stereocenters. The highest BCUT2D eigenvalue weighted by Gasteiger charge is 2.20. The highest BCUT2D eigenvalue weighted by molar-refractivity contribution is 7.93. The Hall–Kier alpha value is -1.60. The quantitative estimate of drug-likeness (QED) is 0.603. The smallest absolute Gasteiger partial charge is 0.255 e. The molecule has 0 saturated carbocycles. The van der Waals surface area contributed by atoms with Gasteiger partial charge in [-0.1, -0.05) is 54.4 Å². The fourth-order valence-electron chi connectivity index (χ4n) is 2.22. The number of aromatic nitrogens is 1. The van der Waals surface area contributed by atoms with E-state index in [0.717, 1.165) is 12.0 Å². The van der Waals surface area contributed by atoms with Crippen LogP contribution in [0.15, 0.2) is 52.7 Å². The Kier molecular flexibility index (Phi) is 5.34. The summed E-state index contributed by atoms with van der Waals surface area (Å²) in [6, 6.07) is 12.3. The molecule has 1 N–H and O–H groups in total. The van der Waals surface area contributed by atoms with E-state index >= 15 is 0 Å². The summed E-state index contributed by atoms with van der Waals surface area (Å²) in [5, 5.41) is 2.47. The molecule has 1 aromatic heterocycles. The molecular formula is C17H14Cl2N2O2S2. The minimum Gasteiger partial charge on any atom is -0.255 e. The number of sulfonamides is 1. The van der Waals surface area contributed by atoms with Crippen LogP contribution < -0.4 is 4.72 Å². The van der Waals surface area contributed by atoms with E-state index in [9.17, 15) is 8.42 Å². The Bertz CT molecular complexity index is 1000. The lowest BCUT2D eigenvalue weighted by molar-refractivity contribution is 0.601. The first kappa shape index (κ1) is 18.2. The van der Waals surface area contributed by atoms with Crippen LogP contribution in [-0.2, 0) is 16.4 Å². The lowest BCUT2D eigenvalue weighted by atomic mass is 10.1. The number of aryl methyl sites for hydroxylation is 1. The van der Waals surface area contributed by atoms with Gasteiger partial charge in [-0.25, -0.2) is 13.4 Å². The van der Waals surface area contributed by atoms with Gasteiger partial charge in [0.05, 0.1) is 10.7 Å². The average Bonchev–Trinajstić information content (AvgIpc) is 3.04. The van der Waals surface area contributed by atoms with E-state index in [-0.39, 0.29) is 15.0 Å². The first-order chi connectivity index (χ1) is 11.9. The van der Waals surface area contributed by atoms with Gasteiger partial charge in [-0.2, -0.15) is 0 Å². The first-order valence-electron chi connectivity index (χ1n) is 7.42. The van der Waals surface area contributed by atoms with E-state index in [0.29, 0.717) is 10.7 Å². The summed E-state index contributed by atoms with van der Waals surface area (Å²) >= 11 is 13.1. The summed E-state index contributed by atoms with van der Waals surface area (Å²) in [7, 11) is -3.86. The second-order valence-corrected chi connectivity index (χ2v) is 8.62. The van der Waals surface area contributed by atoms with Crippen molar-refractivity contribution in [1.29, 1.82) is 0 Å². The fourth-order valence-corrected chi connectivity index (χ4v) is 4.95. The van der Waals surface area contributed by atoms with Crippen molar-refractivity contribution in [1.82, 2.24) is 4.98 Å². The van der Waals surface area contributed by atoms with Gasteiger partial charge >= 0.3 is 0 Å². The van der Waals surface area contributed by atoms with Crippen LogP contribution >= 0.6 is 34.5 Å². The molecule has 0 bridgehead atoms. The zero-order valence-corrected chi connectivity index (χ0v) is 16.3. The lowest BCUT2D eigenvalue weighted by Gasteiger charge is -2.07. The molecule has 3 aromatic rings. The van der Waals surface area contributed by atoms with Crippen molar-refractivity contribution in [2.45, 2.75) is 18.2 Å². The number of hydrogen-bond acceptors (Lipinski definition) is 4. The predicted octanol–water partition coefficient (Wildman–Crippen LogP) is 5.48. The van der Waals surface area contributed by atoms with Crippen molar-refractivity contribution in [3.63, 3.8) is 0 Å². The van der Waals surface area contributed by atoms with Crippen LogP contribution in [-0.4, -0.2) is 13.4 Å². The third-order valence-electron chi connectivity index (χ3n) is 3.57. The Labute approximate surface area is 160 Å². The van der Waals surface area contributed by atoms with Crippen LogP contribution in [0, 0.1) is 0 Å². The molecule has 0 spiro atoms. The number of hydrogen-bond donors (Lipinski definition) is 1. The molecule has 0 saturated heterocycles. The van der Waals surface area contributed by atoms with Crippen LogP contribution in [0.5, 0.6) is 0 Å². The topological polar surface area (TPSA) is 59.1 Å². The van der Waals surface area contributed by atoms with Crippen LogP contribution in [0.1, 0.15) is 12.5 Å². The third kappa shape index (κ3) is 4.15. The number of nitrogens with zero attached hydrogens (tertiary/aromatic N) is 1. The number of nitrogens with one attached hydrogen (secondary N) is 1. The van der Waals surface area contributed by atoms with Crippen molar-refractivity contribution < 1.29 is 8.42 Å². The van der Waals surface area contributed by atoms with E-state index in [4.69, 9.17) is 23.2 Å². The second-order valence-electron chi connectivity index (χ2n) is 5.27. The summed E-state index contributed by atoms with van der Waals surface area (Å²) in [6.07, 6.45) is 0.961. The predicted molar refractivity (Wildman–Crippen MR) is 104 cm³/mol. The first-order valence-corrected chi connectivity index (χ1v) is 10.5. The molecule has 0 amide bonds. The maximum atomic E-state index is 12.5. The van der Waals surface area contributed by atoms with E-state index < -0.39 is 10.0 Å². The zero-order valence-electron chi connectivity index (χ0n) is 13.2. The number of anilines is 1. The standard InChI is InChI=1S/C17H14Cl2N2O2S2/c1-2-11-3-5-12(6-4-11)15-10-24-17(20-15)21-25(22,23)16-9-13(18)7-8-14(16)19/h3-10H,2H2,1H3,(H,20,21). The number of thiazole rings is 1. The fraction of sp³-hybridized carbons (Fsp3) is 0.118. The Morgan fingerprint density at radius 3 is 2.52 bits per heavy atom. The van der Waals surface area contributed by atoms with Crippen molar-refractivity contribution in [2.75, 3.05) is 4.72 Å². The van der Waals surface area contributed by atoms with Crippen molar-refractivity contribution in [2.24, 2.45) is 0 Å². The maximum Gasteiger partial charge on any atom is 0.265 e. The third-order valence-corrected chi connectivity index (χ3v) is 6.51. The summed E-state index contributed by atoms with van der Waals surface area (Å²) in [5.41, 5.74) is 2.87. The van der Waals surface area contributed by atoms with Crippen molar-refractivity contribution in [3.05, 3.63) is 63.5 Å². The average molecular weight is 413 g/mol. The molecule has 0 unspecified atom stereocenters. The normalized spacial score (nSPS) is 11.5. The molecule has 0 aliphatic heterocycles. The van der Waals surface area contributed by atoms with Crippen LogP contribution in [0.25, 0.3) is 11.3 Å². The molecular weight excluding hydrogens is 399 g/mol. The van der Waals surface area contributed by atoms with E-state index in [2.05, 4.69) is 16.6 Å². The molecule has 8 heteroatoms. The summed E-state index contributed by atoms with van der Waals surface area (Å²) < 4.78 is 27.5. The Morgan fingerprint density at radius 1 is 1.12 bits per heavy atom. The lowest BCUT2D eigenvalue weighted by Crippen LogP contribution is -2.13. The van der Waals surface area contributed by atoms with Crippen LogP contribution in [0.4, 0.5) is 5.13 Å². The number of halogens is 2. The number of benzene rings is 2. The highest BCUT2D eigenvalue weighted by atomic mass is 35.5. The summed E-state index contributed by atoms with van der Waals surface area (Å²) in [5.74, 6) is 0. The van der Waals surface area contributed by atoms with Gasteiger partial charge < -0.3 is 0 Å². The molecule has 130 valence electrons. The molecule has 2 aromatic carbocycles. The molecule has 0 aliphatic carbocycles. The monoisotopic (exact) mass is 412 g/mol. The molecule has 1 heterocycles. The van der Waals surface area contributed by atoms with Gasteiger partial charge in [-0.05, 0) is 30.2 Å². The largest absolute Gasteiger partial charge is 0.265 e. The second kappa shape index (κ2) is 7.33. The van der Waals surface area contributed by atoms with Crippen molar-refractivity contribution in [3.8, 4) is 11.3 Å². The molecule has 25 heavy (non-hydrogen) atoms. The molecule has 0 radical (unpaired) electrons. The van der Waals surface area contributed by atoms with E-state index in [1.807, 2.05) is 24.3 Å². The number of rotatable bonds is 5. The van der Waals surface area contributed by atoms with Gasteiger partial charge in [0.15, 0.2) is 5.13 Å². The van der Waals surface area contributed by atoms with Gasteiger partial charge in [0.2, 0.25) is 0 Å².